The van der Waals surface area contributed by atoms with Crippen LogP contribution in [0.15, 0.2) is 60.7 Å². The SMILES string of the molecule is CC(=O)O.CC(OC(=O)c1ccccc1)OC(=O)c1ccccc1. The van der Waals surface area contributed by atoms with Crippen molar-refractivity contribution < 1.29 is 29.0 Å². The average Bonchev–Trinajstić information content (AvgIpc) is 2.55. The van der Waals surface area contributed by atoms with Gasteiger partial charge in [-0.15, -0.1) is 0 Å². The molecule has 0 bridgehead atoms. The normalized spacial score (nSPS) is 9.46. The molecule has 0 radical (unpaired) electrons. The molecule has 6 nitrogen and oxygen atoms in total. The van der Waals surface area contributed by atoms with E-state index in [0.29, 0.717) is 11.1 Å². The lowest BCUT2D eigenvalue weighted by molar-refractivity contribution is -0.134. The number of carbonyl (C=O) groups is 3. The van der Waals surface area contributed by atoms with Crippen LogP contribution in [0.4, 0.5) is 0 Å². The van der Waals surface area contributed by atoms with Gasteiger partial charge in [0, 0.05) is 13.8 Å². The molecule has 1 N–H and O–H groups in total. The number of benzene rings is 2. The first-order valence-electron chi connectivity index (χ1n) is 7.11. The van der Waals surface area contributed by atoms with Gasteiger partial charge in [-0.25, -0.2) is 9.59 Å². The summed E-state index contributed by atoms with van der Waals surface area (Å²) in [5, 5.41) is 7.42. The van der Waals surface area contributed by atoms with Crippen molar-refractivity contribution in [2.24, 2.45) is 0 Å². The van der Waals surface area contributed by atoms with Crippen molar-refractivity contribution in [1.29, 1.82) is 0 Å². The van der Waals surface area contributed by atoms with E-state index in [9.17, 15) is 9.59 Å². The Balaban J connectivity index is 0.000000648. The van der Waals surface area contributed by atoms with Crippen molar-refractivity contribution >= 4 is 17.9 Å². The molecule has 0 unspecified atom stereocenters. The van der Waals surface area contributed by atoms with Crippen LogP contribution in [0.2, 0.25) is 0 Å². The summed E-state index contributed by atoms with van der Waals surface area (Å²) in [6.45, 7) is 2.58. The van der Waals surface area contributed by atoms with Gasteiger partial charge in [0.25, 0.3) is 5.97 Å². The minimum absolute atomic E-state index is 0.412. The second kappa shape index (κ2) is 9.78. The summed E-state index contributed by atoms with van der Waals surface area (Å²) in [7, 11) is 0. The van der Waals surface area contributed by atoms with E-state index in [4.69, 9.17) is 19.4 Å². The van der Waals surface area contributed by atoms with Crippen LogP contribution in [-0.4, -0.2) is 29.3 Å². The van der Waals surface area contributed by atoms with Gasteiger partial charge < -0.3 is 14.6 Å². The molecule has 0 heterocycles. The van der Waals surface area contributed by atoms with E-state index >= 15 is 0 Å². The molecule has 0 saturated heterocycles. The minimum Gasteiger partial charge on any atom is -0.481 e. The lowest BCUT2D eigenvalue weighted by Gasteiger charge is -2.14. The zero-order valence-corrected chi connectivity index (χ0v) is 13.3. The average molecular weight is 330 g/mol. The third kappa shape index (κ3) is 7.22. The predicted octanol–water partition coefficient (Wildman–Crippen LogP) is 3.14. The number of hydrogen-bond donors (Lipinski definition) is 1. The van der Waals surface area contributed by atoms with Gasteiger partial charge in [0.05, 0.1) is 11.1 Å². The quantitative estimate of drug-likeness (QED) is 0.684. The fraction of sp³-hybridized carbons (Fsp3) is 0.167. The van der Waals surface area contributed by atoms with Crippen LogP contribution < -0.4 is 0 Å². The van der Waals surface area contributed by atoms with E-state index in [-0.39, 0.29) is 0 Å². The third-order valence-corrected chi connectivity index (χ3v) is 2.56. The number of hydrogen-bond acceptors (Lipinski definition) is 5. The van der Waals surface area contributed by atoms with Crippen LogP contribution in [0.25, 0.3) is 0 Å². The Labute approximate surface area is 139 Å². The number of esters is 2. The molecule has 2 aromatic rings. The summed E-state index contributed by atoms with van der Waals surface area (Å²) in [5.41, 5.74) is 0.824. The predicted molar refractivity (Wildman–Crippen MR) is 86.5 cm³/mol. The van der Waals surface area contributed by atoms with Crippen molar-refractivity contribution in [3.63, 3.8) is 0 Å². The Bertz CT molecular complexity index is 609. The third-order valence-electron chi connectivity index (χ3n) is 2.56. The fourth-order valence-electron chi connectivity index (χ4n) is 1.61. The first kappa shape index (κ1) is 18.9. The van der Waals surface area contributed by atoms with Crippen LogP contribution >= 0.6 is 0 Å². The van der Waals surface area contributed by atoms with Crippen LogP contribution in [0.3, 0.4) is 0 Å². The van der Waals surface area contributed by atoms with E-state index in [0.717, 1.165) is 6.92 Å². The maximum absolute atomic E-state index is 11.8. The lowest BCUT2D eigenvalue weighted by atomic mass is 10.2. The number of ether oxygens (including phenoxy) is 2. The highest BCUT2D eigenvalue weighted by molar-refractivity contribution is 5.90. The molecule has 0 atom stereocenters. The first-order chi connectivity index (χ1) is 11.4. The molecule has 0 saturated carbocycles. The molecule has 2 rings (SSSR count). The molecular weight excluding hydrogens is 312 g/mol. The minimum atomic E-state index is -0.949. The highest BCUT2D eigenvalue weighted by Crippen LogP contribution is 2.08. The number of carboxylic acid groups (broad SMARTS) is 1. The van der Waals surface area contributed by atoms with Gasteiger partial charge in [-0.3, -0.25) is 4.79 Å². The van der Waals surface area contributed by atoms with Gasteiger partial charge in [-0.1, -0.05) is 36.4 Å². The van der Waals surface area contributed by atoms with Crippen molar-refractivity contribution in [2.45, 2.75) is 20.1 Å². The zero-order valence-electron chi connectivity index (χ0n) is 13.3. The standard InChI is InChI=1S/C16H14O4.C2H4O2/c1-12(19-15(17)13-8-4-2-5-9-13)20-16(18)14-10-6-3-7-11-14;1-2(3)4/h2-12H,1H3;1H3,(H,3,4). The molecule has 2 aromatic carbocycles. The monoisotopic (exact) mass is 330 g/mol. The van der Waals surface area contributed by atoms with E-state index in [1.165, 1.54) is 6.92 Å². The van der Waals surface area contributed by atoms with Gasteiger partial charge in [0.2, 0.25) is 6.29 Å². The van der Waals surface area contributed by atoms with E-state index in [2.05, 4.69) is 0 Å². The summed E-state index contributed by atoms with van der Waals surface area (Å²) in [5.74, 6) is -1.89. The Morgan fingerprint density at radius 2 is 1.08 bits per heavy atom. The van der Waals surface area contributed by atoms with Crippen molar-refractivity contribution in [1.82, 2.24) is 0 Å². The van der Waals surface area contributed by atoms with E-state index in [1.54, 1.807) is 60.7 Å². The Hall–Kier alpha value is -3.15. The molecule has 0 spiro atoms. The van der Waals surface area contributed by atoms with Crippen LogP contribution in [0, 0.1) is 0 Å². The molecule has 0 aliphatic heterocycles. The summed E-state index contributed by atoms with van der Waals surface area (Å²) >= 11 is 0. The zero-order chi connectivity index (χ0) is 17.9. The highest BCUT2D eigenvalue weighted by atomic mass is 16.7. The molecule has 0 fully saturated rings. The smallest absolute Gasteiger partial charge is 0.341 e. The second-order valence-corrected chi connectivity index (χ2v) is 4.63. The van der Waals surface area contributed by atoms with Crippen LogP contribution in [0.1, 0.15) is 34.6 Å². The van der Waals surface area contributed by atoms with Gasteiger partial charge in [0.15, 0.2) is 0 Å². The number of aliphatic carboxylic acids is 1. The number of rotatable bonds is 4. The molecular formula is C18H18O6. The summed E-state index contributed by atoms with van der Waals surface area (Å²) in [6, 6.07) is 17.1. The van der Waals surface area contributed by atoms with Gasteiger partial charge in [0.1, 0.15) is 0 Å². The first-order valence-corrected chi connectivity index (χ1v) is 7.11. The second-order valence-electron chi connectivity index (χ2n) is 4.63. The summed E-state index contributed by atoms with van der Waals surface area (Å²) in [6.07, 6.45) is -0.949. The molecule has 6 heteroatoms. The topological polar surface area (TPSA) is 89.9 Å². The van der Waals surface area contributed by atoms with Crippen LogP contribution in [-0.2, 0) is 14.3 Å². The molecule has 0 aromatic heterocycles. The lowest BCUT2D eigenvalue weighted by Crippen LogP contribution is -2.21. The maximum atomic E-state index is 11.8. The molecule has 24 heavy (non-hydrogen) atoms. The Kier molecular flexibility index (Phi) is 7.70. The van der Waals surface area contributed by atoms with E-state index in [1.807, 2.05) is 0 Å². The maximum Gasteiger partial charge on any atom is 0.341 e. The van der Waals surface area contributed by atoms with Gasteiger partial charge in [-0.05, 0) is 24.3 Å². The molecule has 0 aliphatic rings. The van der Waals surface area contributed by atoms with Gasteiger partial charge in [-0.2, -0.15) is 0 Å². The number of carboxylic acids is 1. The summed E-state index contributed by atoms with van der Waals surface area (Å²) < 4.78 is 10.1. The highest BCUT2D eigenvalue weighted by Gasteiger charge is 2.16. The van der Waals surface area contributed by atoms with E-state index < -0.39 is 24.2 Å². The Morgan fingerprint density at radius 3 is 1.38 bits per heavy atom. The fourth-order valence-corrected chi connectivity index (χ4v) is 1.61. The summed E-state index contributed by atoms with van der Waals surface area (Å²) in [4.78, 5) is 32.5. The molecule has 126 valence electrons. The van der Waals surface area contributed by atoms with Crippen molar-refractivity contribution in [3.8, 4) is 0 Å². The van der Waals surface area contributed by atoms with Crippen molar-refractivity contribution in [3.05, 3.63) is 71.8 Å². The Morgan fingerprint density at radius 1 is 0.792 bits per heavy atom. The van der Waals surface area contributed by atoms with Gasteiger partial charge >= 0.3 is 11.9 Å². The number of carbonyl (C=O) groups excluding carboxylic acids is 2. The molecule has 0 amide bonds. The van der Waals surface area contributed by atoms with Crippen molar-refractivity contribution in [2.75, 3.05) is 0 Å². The van der Waals surface area contributed by atoms with Crippen LogP contribution in [0.5, 0.6) is 0 Å². The molecule has 0 aliphatic carbocycles. The largest absolute Gasteiger partial charge is 0.481 e.